The molecular formula is C18H21F13O4. The van der Waals surface area contributed by atoms with Gasteiger partial charge in [-0.05, 0) is 26.2 Å². The molecule has 0 spiro atoms. The van der Waals surface area contributed by atoms with Gasteiger partial charge in [0.2, 0.25) is 5.85 Å². The summed E-state index contributed by atoms with van der Waals surface area (Å²) in [6, 6.07) is 0. The van der Waals surface area contributed by atoms with E-state index in [2.05, 4.69) is 4.74 Å². The molecule has 1 rings (SSSR count). The average molecular weight is 548 g/mol. The normalized spacial score (nSPS) is 27.4. The van der Waals surface area contributed by atoms with Crippen LogP contribution in [0.4, 0.5) is 57.1 Å². The van der Waals surface area contributed by atoms with Crippen LogP contribution in [0.15, 0.2) is 0 Å². The highest BCUT2D eigenvalue weighted by Gasteiger charge is 2.79. The standard InChI is InChI=1S/C18H21F13O4/c1-4-12(3,19)35-10(32)11(2)6-8(13(33,15(20,21)22)16(23,24)25)5-9(7-11)14(34,17(26,27)28)18(29,30)31/h8-9,33-34H,4-7H2,1-3H3. The highest BCUT2D eigenvalue weighted by Crippen LogP contribution is 2.61. The van der Waals surface area contributed by atoms with Gasteiger partial charge in [0.15, 0.2) is 0 Å². The van der Waals surface area contributed by atoms with Gasteiger partial charge in [0, 0.05) is 25.2 Å². The van der Waals surface area contributed by atoms with Crippen molar-refractivity contribution in [2.24, 2.45) is 17.3 Å². The van der Waals surface area contributed by atoms with Crippen LogP contribution in [0.5, 0.6) is 0 Å². The smallest absolute Gasteiger partial charge is 0.426 e. The second-order valence-corrected chi connectivity index (χ2v) is 8.97. The summed E-state index contributed by atoms with van der Waals surface area (Å²) in [4.78, 5) is 12.5. The molecule has 0 saturated heterocycles. The van der Waals surface area contributed by atoms with Gasteiger partial charge in [0.05, 0.1) is 5.41 Å². The number of halogens is 13. The van der Waals surface area contributed by atoms with Gasteiger partial charge < -0.3 is 14.9 Å². The minimum atomic E-state index is -6.69. The molecule has 1 fully saturated rings. The molecule has 1 aliphatic carbocycles. The molecule has 0 amide bonds. The van der Waals surface area contributed by atoms with Gasteiger partial charge in [0.1, 0.15) is 0 Å². The van der Waals surface area contributed by atoms with Crippen LogP contribution < -0.4 is 0 Å². The quantitative estimate of drug-likeness (QED) is 0.339. The van der Waals surface area contributed by atoms with Gasteiger partial charge in [-0.15, -0.1) is 0 Å². The maximum Gasteiger partial charge on any atom is 0.426 e. The third kappa shape index (κ3) is 5.44. The molecule has 17 heteroatoms. The first-order valence-corrected chi connectivity index (χ1v) is 9.74. The Balaban J connectivity index is 3.86. The van der Waals surface area contributed by atoms with E-state index in [1.165, 1.54) is 0 Å². The number of alkyl halides is 13. The maximum absolute atomic E-state index is 14.2. The second kappa shape index (κ2) is 8.80. The lowest BCUT2D eigenvalue weighted by Gasteiger charge is -2.51. The second-order valence-electron chi connectivity index (χ2n) is 8.97. The van der Waals surface area contributed by atoms with E-state index in [1.54, 1.807) is 0 Å². The Labute approximate surface area is 189 Å². The summed E-state index contributed by atoms with van der Waals surface area (Å²) in [6.07, 6.45) is -33.3. The van der Waals surface area contributed by atoms with Crippen molar-refractivity contribution in [1.82, 2.24) is 0 Å². The SMILES string of the molecule is CCC(C)(F)OC(=O)C1(C)CC(C(O)(C(F)(F)F)C(F)(F)F)CC(C(O)(C(F)(F)F)C(F)(F)F)C1. The zero-order valence-electron chi connectivity index (χ0n) is 18.1. The predicted molar refractivity (Wildman–Crippen MR) is 89.0 cm³/mol. The molecule has 1 aliphatic rings. The van der Waals surface area contributed by atoms with E-state index < -0.39 is 90.7 Å². The summed E-state index contributed by atoms with van der Waals surface area (Å²) in [5.74, 6) is -12.1. The van der Waals surface area contributed by atoms with Crippen molar-refractivity contribution in [1.29, 1.82) is 0 Å². The van der Waals surface area contributed by atoms with Crippen molar-refractivity contribution in [2.45, 2.75) is 88.2 Å². The maximum atomic E-state index is 14.2. The third-order valence-electron chi connectivity index (χ3n) is 6.30. The average Bonchev–Trinajstić information content (AvgIpc) is 2.62. The molecule has 35 heavy (non-hydrogen) atoms. The molecule has 3 atom stereocenters. The van der Waals surface area contributed by atoms with Crippen molar-refractivity contribution >= 4 is 5.97 Å². The number of hydrogen-bond donors (Lipinski definition) is 2. The van der Waals surface area contributed by atoms with Crippen molar-refractivity contribution in [2.75, 3.05) is 0 Å². The van der Waals surface area contributed by atoms with Gasteiger partial charge in [-0.2, -0.15) is 57.1 Å². The van der Waals surface area contributed by atoms with E-state index in [4.69, 9.17) is 0 Å². The number of carbonyl (C=O) groups is 1. The highest BCUT2D eigenvalue weighted by molar-refractivity contribution is 5.77. The monoisotopic (exact) mass is 548 g/mol. The molecule has 0 aliphatic heterocycles. The lowest BCUT2D eigenvalue weighted by Crippen LogP contribution is -2.68. The summed E-state index contributed by atoms with van der Waals surface area (Å²) in [7, 11) is 0. The van der Waals surface area contributed by atoms with Gasteiger partial charge in [-0.25, -0.2) is 0 Å². The number of carbonyl (C=O) groups excluding carboxylic acids is 1. The summed E-state index contributed by atoms with van der Waals surface area (Å²) < 4.78 is 179. The number of ether oxygens (including phenoxy) is 1. The van der Waals surface area contributed by atoms with Crippen LogP contribution in [0.2, 0.25) is 0 Å². The van der Waals surface area contributed by atoms with Crippen LogP contribution in [0.1, 0.15) is 46.5 Å². The fraction of sp³-hybridized carbons (Fsp3) is 0.944. The molecule has 0 aromatic rings. The van der Waals surface area contributed by atoms with Crippen molar-refractivity contribution in [3.63, 3.8) is 0 Å². The van der Waals surface area contributed by atoms with Gasteiger partial charge in [0.25, 0.3) is 11.2 Å². The number of rotatable bonds is 5. The largest absolute Gasteiger partial charge is 0.428 e. The van der Waals surface area contributed by atoms with E-state index >= 15 is 0 Å². The van der Waals surface area contributed by atoms with Crippen molar-refractivity contribution < 1.29 is 76.8 Å². The van der Waals surface area contributed by atoms with Gasteiger partial charge in [-0.3, -0.25) is 4.79 Å². The molecule has 0 aromatic carbocycles. The Bertz CT molecular complexity index is 705. The highest BCUT2D eigenvalue weighted by atomic mass is 19.4. The fourth-order valence-corrected chi connectivity index (χ4v) is 4.12. The fourth-order valence-electron chi connectivity index (χ4n) is 4.12. The number of esters is 1. The third-order valence-corrected chi connectivity index (χ3v) is 6.30. The first-order chi connectivity index (χ1) is 15.1. The topological polar surface area (TPSA) is 66.8 Å². The first kappa shape index (κ1) is 31.5. The molecule has 3 unspecified atom stereocenters. The van der Waals surface area contributed by atoms with Crippen LogP contribution in [0.25, 0.3) is 0 Å². The molecular weight excluding hydrogens is 527 g/mol. The van der Waals surface area contributed by atoms with Gasteiger partial charge >= 0.3 is 30.7 Å². The lowest BCUT2D eigenvalue weighted by molar-refractivity contribution is -0.406. The van der Waals surface area contributed by atoms with Crippen molar-refractivity contribution in [3.8, 4) is 0 Å². The Hall–Kier alpha value is -1.52. The van der Waals surface area contributed by atoms with Crippen LogP contribution >= 0.6 is 0 Å². The minimum Gasteiger partial charge on any atom is -0.428 e. The van der Waals surface area contributed by atoms with E-state index in [-0.39, 0.29) is 0 Å². The van der Waals surface area contributed by atoms with E-state index in [1.807, 2.05) is 0 Å². The lowest BCUT2D eigenvalue weighted by atomic mass is 9.58. The predicted octanol–water partition coefficient (Wildman–Crippen LogP) is 5.76. The molecule has 0 heterocycles. The summed E-state index contributed by atoms with van der Waals surface area (Å²) in [5, 5.41) is 19.3. The Kier molecular flexibility index (Phi) is 7.92. The van der Waals surface area contributed by atoms with Crippen LogP contribution in [-0.2, 0) is 9.53 Å². The number of hydrogen-bond acceptors (Lipinski definition) is 4. The van der Waals surface area contributed by atoms with Crippen LogP contribution in [0, 0.1) is 17.3 Å². The number of aliphatic hydroxyl groups is 2. The molecule has 208 valence electrons. The summed E-state index contributed by atoms with van der Waals surface area (Å²) in [6.45, 7) is 1.98. The van der Waals surface area contributed by atoms with Gasteiger partial charge in [-0.1, -0.05) is 6.92 Å². The van der Waals surface area contributed by atoms with Crippen molar-refractivity contribution in [3.05, 3.63) is 0 Å². The van der Waals surface area contributed by atoms with E-state index in [0.717, 1.165) is 6.92 Å². The Morgan fingerprint density at radius 1 is 0.771 bits per heavy atom. The summed E-state index contributed by atoms with van der Waals surface area (Å²) in [5.41, 5.74) is -14.8. The van der Waals surface area contributed by atoms with Crippen LogP contribution in [-0.4, -0.2) is 57.9 Å². The molecule has 0 aromatic heterocycles. The van der Waals surface area contributed by atoms with Crippen LogP contribution in [0.3, 0.4) is 0 Å². The Morgan fingerprint density at radius 2 is 1.06 bits per heavy atom. The molecule has 0 radical (unpaired) electrons. The Morgan fingerprint density at radius 3 is 1.29 bits per heavy atom. The molecule has 4 nitrogen and oxygen atoms in total. The van der Waals surface area contributed by atoms with E-state index in [9.17, 15) is 72.1 Å². The first-order valence-electron chi connectivity index (χ1n) is 9.74. The minimum absolute atomic E-state index is 0.362. The zero-order chi connectivity index (χ0) is 28.3. The van der Waals surface area contributed by atoms with E-state index in [0.29, 0.717) is 13.8 Å². The molecule has 0 bridgehead atoms. The summed E-state index contributed by atoms with van der Waals surface area (Å²) >= 11 is 0. The molecule has 2 N–H and O–H groups in total. The zero-order valence-corrected chi connectivity index (χ0v) is 18.1. The molecule has 1 saturated carbocycles.